The third-order valence-corrected chi connectivity index (χ3v) is 5.13. The summed E-state index contributed by atoms with van der Waals surface area (Å²) in [5.41, 5.74) is 0.578. The summed E-state index contributed by atoms with van der Waals surface area (Å²) in [6.07, 6.45) is -0.862. The highest BCUT2D eigenvalue weighted by molar-refractivity contribution is 6.03. The number of hydrogen-bond donors (Lipinski definition) is 2. The van der Waals surface area contributed by atoms with Gasteiger partial charge in [-0.3, -0.25) is 4.90 Å². The first kappa shape index (κ1) is 22.0. The molecule has 2 aliphatic rings. The zero-order valence-corrected chi connectivity index (χ0v) is 15.8. The molecule has 2 fully saturated rings. The number of carboxylic acids is 1. The van der Waals surface area contributed by atoms with Gasteiger partial charge in [0.05, 0.1) is 18.8 Å². The summed E-state index contributed by atoms with van der Waals surface area (Å²) in [5.74, 6) is -3.80. The van der Waals surface area contributed by atoms with Gasteiger partial charge in [0.2, 0.25) is 5.95 Å². The van der Waals surface area contributed by atoms with Crippen molar-refractivity contribution in [3.8, 4) is 0 Å². The molecule has 164 valence electrons. The molecule has 0 aromatic carbocycles. The van der Waals surface area contributed by atoms with E-state index >= 15 is 0 Å². The molecule has 2 N–H and O–H groups in total. The SMILES string of the molecule is CN1[C@@H]2COC[C@H]1C[C@@H](OC(=O)c1c[nH]c3c(F)nccc13)C2.O=C(O)C(F)(F)F. The van der Waals surface area contributed by atoms with Crippen LogP contribution in [0.3, 0.4) is 0 Å². The summed E-state index contributed by atoms with van der Waals surface area (Å²) < 4.78 is 56.6. The molecule has 3 atom stereocenters. The molecule has 2 bridgehead atoms. The zero-order chi connectivity index (χ0) is 22.1. The number of likely N-dealkylation sites (N-methyl/N-ethyl adjacent to an activating group) is 1. The van der Waals surface area contributed by atoms with Gasteiger partial charge in [-0.1, -0.05) is 0 Å². The lowest BCUT2D eigenvalue weighted by atomic mass is 9.92. The van der Waals surface area contributed by atoms with Crippen LogP contribution in [0, 0.1) is 5.95 Å². The van der Waals surface area contributed by atoms with Crippen molar-refractivity contribution in [2.24, 2.45) is 0 Å². The van der Waals surface area contributed by atoms with Gasteiger partial charge in [0.25, 0.3) is 0 Å². The van der Waals surface area contributed by atoms with Crippen molar-refractivity contribution in [3.05, 3.63) is 30.0 Å². The lowest BCUT2D eigenvalue weighted by Gasteiger charge is -2.46. The van der Waals surface area contributed by atoms with Crippen LogP contribution in [0.25, 0.3) is 10.9 Å². The lowest BCUT2D eigenvalue weighted by molar-refractivity contribution is -0.192. The van der Waals surface area contributed by atoms with Gasteiger partial charge in [0, 0.05) is 42.7 Å². The second-order valence-electron chi connectivity index (χ2n) is 7.04. The number of carboxylic acid groups (broad SMARTS) is 1. The second-order valence-corrected chi connectivity index (χ2v) is 7.04. The van der Waals surface area contributed by atoms with Crippen molar-refractivity contribution < 1.29 is 41.7 Å². The van der Waals surface area contributed by atoms with Gasteiger partial charge in [-0.15, -0.1) is 0 Å². The van der Waals surface area contributed by atoms with E-state index in [1.54, 1.807) is 6.07 Å². The largest absolute Gasteiger partial charge is 0.490 e. The number of carbonyl (C=O) groups excluding carboxylic acids is 1. The molecule has 0 aliphatic carbocycles. The molecule has 4 rings (SSSR count). The Morgan fingerprint density at radius 1 is 1.30 bits per heavy atom. The maximum Gasteiger partial charge on any atom is 0.490 e. The fourth-order valence-corrected chi connectivity index (χ4v) is 3.55. The van der Waals surface area contributed by atoms with Crippen molar-refractivity contribution in [2.75, 3.05) is 20.3 Å². The molecule has 0 saturated carbocycles. The molecular formula is C18H19F4N3O5. The van der Waals surface area contributed by atoms with Crippen molar-refractivity contribution in [1.82, 2.24) is 14.9 Å². The van der Waals surface area contributed by atoms with Crippen molar-refractivity contribution in [2.45, 2.75) is 37.2 Å². The van der Waals surface area contributed by atoms with Crippen LogP contribution in [0.1, 0.15) is 23.2 Å². The smallest absolute Gasteiger partial charge is 0.475 e. The third-order valence-electron chi connectivity index (χ3n) is 5.13. The molecule has 0 radical (unpaired) electrons. The van der Waals surface area contributed by atoms with Gasteiger partial charge in [0.15, 0.2) is 0 Å². The Morgan fingerprint density at radius 3 is 2.47 bits per heavy atom. The molecule has 0 amide bonds. The monoisotopic (exact) mass is 433 g/mol. The molecule has 0 unspecified atom stereocenters. The zero-order valence-electron chi connectivity index (χ0n) is 15.8. The highest BCUT2D eigenvalue weighted by Crippen LogP contribution is 2.29. The Labute approximate surface area is 167 Å². The standard InChI is InChI=1S/C16H18FN3O3.C2HF3O2/c1-20-9-4-11(5-10(20)8-22-7-9)23-16(21)13-6-19-14-12(13)2-3-18-15(14)17;3-2(4,5)1(6)7/h2-3,6,9-11,19H,4-5,7-8H2,1H3;(H,6,7)/t9-,10+,11-;. The number of piperidine rings is 1. The van der Waals surface area contributed by atoms with Crippen LogP contribution in [0.15, 0.2) is 18.5 Å². The Kier molecular flexibility index (Phi) is 6.27. The lowest BCUT2D eigenvalue weighted by Crippen LogP contribution is -2.56. The number of morpholine rings is 1. The first-order chi connectivity index (χ1) is 14.1. The summed E-state index contributed by atoms with van der Waals surface area (Å²) in [5, 5.41) is 7.62. The molecular weight excluding hydrogens is 414 g/mol. The van der Waals surface area contributed by atoms with Crippen LogP contribution >= 0.6 is 0 Å². The Bertz CT molecular complexity index is 918. The number of fused-ring (bicyclic) bond motifs is 3. The number of nitrogens with one attached hydrogen (secondary N) is 1. The number of rotatable bonds is 2. The predicted molar refractivity (Wildman–Crippen MR) is 94.3 cm³/mol. The summed E-state index contributed by atoms with van der Waals surface area (Å²) in [7, 11) is 2.09. The fraction of sp³-hybridized carbons (Fsp3) is 0.500. The summed E-state index contributed by atoms with van der Waals surface area (Å²) >= 11 is 0. The first-order valence-corrected chi connectivity index (χ1v) is 9.00. The van der Waals surface area contributed by atoms with Crippen LogP contribution in [-0.2, 0) is 14.3 Å². The van der Waals surface area contributed by atoms with Gasteiger partial charge in [0.1, 0.15) is 11.6 Å². The van der Waals surface area contributed by atoms with Gasteiger partial charge >= 0.3 is 18.1 Å². The minimum Gasteiger partial charge on any atom is -0.475 e. The molecule has 8 nitrogen and oxygen atoms in total. The average Bonchev–Trinajstić information content (AvgIpc) is 3.08. The minimum atomic E-state index is -5.08. The van der Waals surface area contributed by atoms with E-state index in [2.05, 4.69) is 21.9 Å². The van der Waals surface area contributed by atoms with E-state index in [4.69, 9.17) is 19.4 Å². The Balaban J connectivity index is 0.000000318. The number of nitrogens with zero attached hydrogens (tertiary/aromatic N) is 2. The molecule has 30 heavy (non-hydrogen) atoms. The quantitative estimate of drug-likeness (QED) is 0.426. The molecule has 0 spiro atoms. The van der Waals surface area contributed by atoms with Gasteiger partial charge in [-0.25, -0.2) is 14.6 Å². The number of halogens is 4. The maximum absolute atomic E-state index is 13.6. The maximum atomic E-state index is 13.6. The van der Waals surface area contributed by atoms with Crippen molar-refractivity contribution in [3.63, 3.8) is 0 Å². The van der Waals surface area contributed by atoms with Crippen LogP contribution in [-0.4, -0.2) is 76.5 Å². The Morgan fingerprint density at radius 2 is 1.90 bits per heavy atom. The number of hydrogen-bond acceptors (Lipinski definition) is 6. The Hall–Kier alpha value is -2.73. The van der Waals surface area contributed by atoms with Crippen molar-refractivity contribution >= 4 is 22.8 Å². The van der Waals surface area contributed by atoms with Gasteiger partial charge in [-0.05, 0) is 13.1 Å². The highest BCUT2D eigenvalue weighted by atomic mass is 19.4. The number of alkyl halides is 3. The number of carbonyl (C=O) groups is 2. The van der Waals surface area contributed by atoms with Crippen LogP contribution in [0.5, 0.6) is 0 Å². The topological polar surface area (TPSA) is 105 Å². The summed E-state index contributed by atoms with van der Waals surface area (Å²) in [6, 6.07) is 2.18. The number of aromatic amines is 1. The molecule has 2 saturated heterocycles. The number of esters is 1. The van der Waals surface area contributed by atoms with E-state index in [1.807, 2.05) is 0 Å². The number of H-pyrrole nitrogens is 1. The van der Waals surface area contributed by atoms with Crippen molar-refractivity contribution in [1.29, 1.82) is 0 Å². The van der Waals surface area contributed by atoms with E-state index in [0.29, 0.717) is 24.2 Å². The van der Waals surface area contributed by atoms with Gasteiger partial charge in [-0.2, -0.15) is 17.6 Å². The molecule has 2 aromatic rings. The van der Waals surface area contributed by atoms with E-state index in [-0.39, 0.29) is 23.7 Å². The number of aromatic nitrogens is 2. The fourth-order valence-electron chi connectivity index (χ4n) is 3.55. The molecule has 2 aliphatic heterocycles. The molecule has 2 aromatic heterocycles. The number of ether oxygens (including phenoxy) is 2. The second kappa shape index (κ2) is 8.56. The summed E-state index contributed by atoms with van der Waals surface area (Å²) in [6.45, 7) is 1.34. The minimum absolute atomic E-state index is 0.130. The number of aliphatic carboxylic acids is 1. The van der Waals surface area contributed by atoms with E-state index in [0.717, 1.165) is 12.8 Å². The number of pyridine rings is 1. The van der Waals surface area contributed by atoms with Crippen LogP contribution in [0.4, 0.5) is 17.6 Å². The highest BCUT2D eigenvalue weighted by Gasteiger charge is 2.39. The van der Waals surface area contributed by atoms with E-state index in [9.17, 15) is 22.4 Å². The van der Waals surface area contributed by atoms with Gasteiger partial charge < -0.3 is 19.6 Å². The average molecular weight is 433 g/mol. The van der Waals surface area contributed by atoms with E-state index in [1.165, 1.54) is 12.4 Å². The molecule has 4 heterocycles. The predicted octanol–water partition coefficient (Wildman–Crippen LogP) is 2.35. The van der Waals surface area contributed by atoms with Crippen LogP contribution < -0.4 is 0 Å². The molecule has 12 heteroatoms. The summed E-state index contributed by atoms with van der Waals surface area (Å²) in [4.78, 5) is 30.0. The van der Waals surface area contributed by atoms with Crippen LogP contribution in [0.2, 0.25) is 0 Å². The third kappa shape index (κ3) is 4.70. The normalized spacial score (nSPS) is 24.1. The van der Waals surface area contributed by atoms with E-state index < -0.39 is 24.1 Å². The first-order valence-electron chi connectivity index (χ1n) is 9.00.